The predicted molar refractivity (Wildman–Crippen MR) is 139 cm³/mol. The van der Waals surface area contributed by atoms with Gasteiger partial charge in [-0.05, 0) is 54.1 Å². The number of carbonyl (C=O) groups is 1. The Morgan fingerprint density at radius 2 is 1.79 bits per heavy atom. The third-order valence-corrected chi connectivity index (χ3v) is 6.89. The van der Waals surface area contributed by atoms with Gasteiger partial charge in [0.1, 0.15) is 0 Å². The molecule has 3 aromatic carbocycles. The van der Waals surface area contributed by atoms with Crippen molar-refractivity contribution < 1.29 is 4.79 Å². The molecule has 0 atom stereocenters. The minimum atomic E-state index is -0.149. The second-order valence-electron chi connectivity index (χ2n) is 7.83. The molecule has 0 aliphatic carbocycles. The maximum atomic E-state index is 13.5. The number of nitrogens with one attached hydrogen (secondary N) is 1. The summed E-state index contributed by atoms with van der Waals surface area (Å²) in [6, 6.07) is 22.9. The lowest BCUT2D eigenvalue weighted by Gasteiger charge is -2.18. The van der Waals surface area contributed by atoms with E-state index in [9.17, 15) is 9.59 Å². The summed E-state index contributed by atoms with van der Waals surface area (Å²) in [6.07, 6.45) is 2.00. The van der Waals surface area contributed by atoms with Crippen LogP contribution in [-0.2, 0) is 4.79 Å². The lowest BCUT2D eigenvalue weighted by Crippen LogP contribution is -2.24. The average molecular weight is 476 g/mol. The number of rotatable bonds is 7. The van der Waals surface area contributed by atoms with E-state index in [0.29, 0.717) is 16.1 Å². The van der Waals surface area contributed by atoms with E-state index < -0.39 is 0 Å². The molecule has 0 radical (unpaired) electrons. The number of hydrogen-bond donors (Lipinski definition) is 1. The van der Waals surface area contributed by atoms with Crippen LogP contribution in [0.25, 0.3) is 16.6 Å². The van der Waals surface area contributed by atoms with Crippen LogP contribution < -0.4 is 10.9 Å². The molecule has 1 aromatic heterocycles. The van der Waals surface area contributed by atoms with Gasteiger partial charge in [0.25, 0.3) is 5.56 Å². The Bertz CT molecular complexity index is 1370. The van der Waals surface area contributed by atoms with Crippen LogP contribution >= 0.6 is 23.5 Å². The largest absolute Gasteiger partial charge is 0.325 e. The van der Waals surface area contributed by atoms with E-state index in [1.54, 1.807) is 22.4 Å². The molecule has 0 aliphatic heterocycles. The third kappa shape index (κ3) is 5.15. The first-order valence-corrected chi connectivity index (χ1v) is 12.9. The molecule has 33 heavy (non-hydrogen) atoms. The van der Waals surface area contributed by atoms with Crippen molar-refractivity contribution in [3.63, 3.8) is 0 Å². The van der Waals surface area contributed by atoms with Gasteiger partial charge in [-0.1, -0.05) is 62.0 Å². The van der Waals surface area contributed by atoms with E-state index >= 15 is 0 Å². The Morgan fingerprint density at radius 1 is 1.03 bits per heavy atom. The fourth-order valence-corrected chi connectivity index (χ4v) is 4.89. The molecule has 168 valence electrons. The molecule has 0 aliphatic rings. The van der Waals surface area contributed by atoms with Crippen LogP contribution in [0.3, 0.4) is 0 Å². The number of benzene rings is 3. The molecule has 0 saturated carbocycles. The second-order valence-corrected chi connectivity index (χ2v) is 9.66. The smallest absolute Gasteiger partial charge is 0.266 e. The van der Waals surface area contributed by atoms with Gasteiger partial charge in [-0.25, -0.2) is 4.98 Å². The molecule has 0 fully saturated rings. The zero-order chi connectivity index (χ0) is 23.4. The van der Waals surface area contributed by atoms with Crippen LogP contribution in [0, 0.1) is 0 Å². The van der Waals surface area contributed by atoms with Gasteiger partial charge in [-0.15, -0.1) is 11.8 Å². The van der Waals surface area contributed by atoms with Crippen LogP contribution in [0.15, 0.2) is 87.6 Å². The molecule has 4 rings (SSSR count). The van der Waals surface area contributed by atoms with Crippen molar-refractivity contribution in [1.29, 1.82) is 0 Å². The lowest BCUT2D eigenvalue weighted by molar-refractivity contribution is -0.113. The van der Waals surface area contributed by atoms with Gasteiger partial charge >= 0.3 is 0 Å². The topological polar surface area (TPSA) is 64.0 Å². The quantitative estimate of drug-likeness (QED) is 0.264. The Hall–Kier alpha value is -3.03. The molecule has 0 unspecified atom stereocenters. The summed E-state index contributed by atoms with van der Waals surface area (Å²) in [5.74, 6) is 0.215. The maximum absolute atomic E-state index is 13.5. The highest BCUT2D eigenvalue weighted by molar-refractivity contribution is 7.99. The van der Waals surface area contributed by atoms with Gasteiger partial charge in [0, 0.05) is 10.6 Å². The molecule has 0 spiro atoms. The standard InChI is InChI=1S/C26H25N3O2S2/c1-17(2)20-11-5-7-14-23(20)29-25(31)21-12-4-6-13-22(21)28-26(29)33-16-24(30)27-18-9-8-10-19(15-18)32-3/h4-15,17H,16H2,1-3H3,(H,27,30). The molecule has 0 bridgehead atoms. The van der Waals surface area contributed by atoms with Gasteiger partial charge in [0.15, 0.2) is 5.16 Å². The van der Waals surface area contributed by atoms with E-state index in [-0.39, 0.29) is 23.1 Å². The highest BCUT2D eigenvalue weighted by atomic mass is 32.2. The highest BCUT2D eigenvalue weighted by Gasteiger charge is 2.18. The van der Waals surface area contributed by atoms with Crippen LogP contribution in [0.4, 0.5) is 5.69 Å². The summed E-state index contributed by atoms with van der Waals surface area (Å²) in [5, 5.41) is 3.99. The molecule has 1 heterocycles. The number of hydrogen-bond acceptors (Lipinski definition) is 5. The summed E-state index contributed by atoms with van der Waals surface area (Å²) >= 11 is 2.88. The number of anilines is 1. The van der Waals surface area contributed by atoms with Crippen molar-refractivity contribution in [1.82, 2.24) is 9.55 Å². The Balaban J connectivity index is 1.70. The number of amides is 1. The normalized spacial score (nSPS) is 11.2. The summed E-state index contributed by atoms with van der Waals surface area (Å²) in [4.78, 5) is 32.1. The van der Waals surface area contributed by atoms with Gasteiger partial charge < -0.3 is 5.32 Å². The molecule has 5 nitrogen and oxygen atoms in total. The second kappa shape index (κ2) is 10.3. The van der Waals surface area contributed by atoms with E-state index in [1.165, 1.54) is 11.8 Å². The van der Waals surface area contributed by atoms with Gasteiger partial charge in [-0.3, -0.25) is 14.2 Å². The van der Waals surface area contributed by atoms with Gasteiger partial charge in [-0.2, -0.15) is 0 Å². The molecule has 7 heteroatoms. The first kappa shape index (κ1) is 23.1. The fourth-order valence-electron chi connectivity index (χ4n) is 3.63. The third-order valence-electron chi connectivity index (χ3n) is 5.23. The van der Waals surface area contributed by atoms with Crippen molar-refractivity contribution in [3.8, 4) is 5.69 Å². The van der Waals surface area contributed by atoms with E-state index in [1.807, 2.05) is 73.0 Å². The first-order chi connectivity index (χ1) is 16.0. The average Bonchev–Trinajstić information content (AvgIpc) is 2.83. The van der Waals surface area contributed by atoms with E-state index in [4.69, 9.17) is 4.98 Å². The van der Waals surface area contributed by atoms with Crippen molar-refractivity contribution in [3.05, 3.63) is 88.7 Å². The van der Waals surface area contributed by atoms with Crippen molar-refractivity contribution >= 4 is 46.0 Å². The summed E-state index contributed by atoms with van der Waals surface area (Å²) < 4.78 is 1.64. The zero-order valence-electron chi connectivity index (χ0n) is 18.7. The number of fused-ring (bicyclic) bond motifs is 1. The SMILES string of the molecule is CSc1cccc(NC(=O)CSc2nc3ccccc3c(=O)n2-c2ccccc2C(C)C)c1. The Labute approximate surface area is 201 Å². The minimum Gasteiger partial charge on any atom is -0.325 e. The molecule has 1 amide bonds. The van der Waals surface area contributed by atoms with Gasteiger partial charge in [0.05, 0.1) is 22.3 Å². The monoisotopic (exact) mass is 475 g/mol. The Morgan fingerprint density at radius 3 is 2.58 bits per heavy atom. The molecular weight excluding hydrogens is 450 g/mol. The number of carbonyl (C=O) groups excluding carboxylic acids is 1. The minimum absolute atomic E-state index is 0.135. The van der Waals surface area contributed by atoms with Gasteiger partial charge in [0.2, 0.25) is 5.91 Å². The highest BCUT2D eigenvalue weighted by Crippen LogP contribution is 2.27. The molecule has 1 N–H and O–H groups in total. The maximum Gasteiger partial charge on any atom is 0.266 e. The number of para-hydroxylation sites is 2. The first-order valence-electron chi connectivity index (χ1n) is 10.7. The van der Waals surface area contributed by atoms with E-state index in [0.717, 1.165) is 21.8 Å². The number of nitrogens with zero attached hydrogens (tertiary/aromatic N) is 2. The van der Waals surface area contributed by atoms with Crippen LogP contribution in [0.5, 0.6) is 0 Å². The van der Waals surface area contributed by atoms with E-state index in [2.05, 4.69) is 19.2 Å². The predicted octanol–water partition coefficient (Wildman–Crippen LogP) is 5.96. The van der Waals surface area contributed by atoms with Crippen molar-refractivity contribution in [2.75, 3.05) is 17.3 Å². The summed E-state index contributed by atoms with van der Waals surface area (Å²) in [5.41, 5.74) is 3.09. The number of thioether (sulfide) groups is 2. The lowest BCUT2D eigenvalue weighted by atomic mass is 10.0. The zero-order valence-corrected chi connectivity index (χ0v) is 20.4. The molecule has 0 saturated heterocycles. The van der Waals surface area contributed by atoms with Crippen LogP contribution in [-0.4, -0.2) is 27.5 Å². The fraction of sp³-hybridized carbons (Fsp3) is 0.192. The van der Waals surface area contributed by atoms with Crippen molar-refractivity contribution in [2.45, 2.75) is 29.8 Å². The molecule has 4 aromatic rings. The Kier molecular flexibility index (Phi) is 7.20. The molecular formula is C26H25N3O2S2. The summed E-state index contributed by atoms with van der Waals surface area (Å²) in [7, 11) is 0. The number of aromatic nitrogens is 2. The summed E-state index contributed by atoms with van der Waals surface area (Å²) in [6.45, 7) is 4.20. The van der Waals surface area contributed by atoms with Crippen molar-refractivity contribution in [2.24, 2.45) is 0 Å². The van der Waals surface area contributed by atoms with Crippen LogP contribution in [0.2, 0.25) is 0 Å². The van der Waals surface area contributed by atoms with Crippen LogP contribution in [0.1, 0.15) is 25.3 Å².